The molecule has 0 heterocycles. The summed E-state index contributed by atoms with van der Waals surface area (Å²) in [5.41, 5.74) is 0.956. The molecular formula is C16H14BrCl2NO2. The predicted molar refractivity (Wildman–Crippen MR) is 94.3 cm³/mol. The van der Waals surface area contributed by atoms with Crippen LogP contribution in [0.5, 0.6) is 5.75 Å². The van der Waals surface area contributed by atoms with Crippen molar-refractivity contribution in [2.45, 2.75) is 20.0 Å². The lowest BCUT2D eigenvalue weighted by Crippen LogP contribution is -2.15. The van der Waals surface area contributed by atoms with Gasteiger partial charge in [0.15, 0.2) is 0 Å². The fourth-order valence-electron chi connectivity index (χ4n) is 1.86. The van der Waals surface area contributed by atoms with Gasteiger partial charge in [-0.1, -0.05) is 39.1 Å². The lowest BCUT2D eigenvalue weighted by molar-refractivity contribution is 0.102. The monoisotopic (exact) mass is 401 g/mol. The summed E-state index contributed by atoms with van der Waals surface area (Å²) in [5, 5.41) is 3.68. The molecule has 2 aromatic carbocycles. The van der Waals surface area contributed by atoms with E-state index in [0.29, 0.717) is 27.0 Å². The maximum absolute atomic E-state index is 12.5. The number of benzene rings is 2. The Morgan fingerprint density at radius 1 is 1.14 bits per heavy atom. The molecular weight excluding hydrogens is 389 g/mol. The zero-order valence-corrected chi connectivity index (χ0v) is 15.1. The van der Waals surface area contributed by atoms with Crippen molar-refractivity contribution in [1.29, 1.82) is 0 Å². The number of anilines is 1. The Bertz CT molecular complexity index is 684. The molecule has 0 aromatic heterocycles. The molecule has 2 rings (SSSR count). The van der Waals surface area contributed by atoms with Gasteiger partial charge in [0.1, 0.15) is 5.75 Å². The van der Waals surface area contributed by atoms with Crippen LogP contribution in [0, 0.1) is 0 Å². The lowest BCUT2D eigenvalue weighted by Gasteiger charge is -2.15. The molecule has 1 N–H and O–H groups in total. The van der Waals surface area contributed by atoms with Gasteiger partial charge in [0.2, 0.25) is 0 Å². The second-order valence-electron chi connectivity index (χ2n) is 4.92. The van der Waals surface area contributed by atoms with Gasteiger partial charge in [-0.25, -0.2) is 0 Å². The van der Waals surface area contributed by atoms with Gasteiger partial charge in [-0.3, -0.25) is 4.79 Å². The van der Waals surface area contributed by atoms with Crippen LogP contribution in [0.3, 0.4) is 0 Å². The molecule has 0 spiro atoms. The second-order valence-corrected chi connectivity index (χ2v) is 6.71. The van der Waals surface area contributed by atoms with Crippen molar-refractivity contribution in [2.24, 2.45) is 0 Å². The molecule has 0 fully saturated rings. The molecule has 0 atom stereocenters. The van der Waals surface area contributed by atoms with E-state index in [-0.39, 0.29) is 12.0 Å². The van der Waals surface area contributed by atoms with Crippen molar-refractivity contribution in [3.05, 3.63) is 56.5 Å². The van der Waals surface area contributed by atoms with E-state index in [1.807, 2.05) is 19.9 Å². The third-order valence-corrected chi connectivity index (χ3v) is 3.60. The van der Waals surface area contributed by atoms with Gasteiger partial charge in [0.05, 0.1) is 11.7 Å². The Morgan fingerprint density at radius 2 is 1.77 bits per heavy atom. The minimum atomic E-state index is -0.296. The summed E-state index contributed by atoms with van der Waals surface area (Å²) >= 11 is 15.2. The van der Waals surface area contributed by atoms with Crippen molar-refractivity contribution < 1.29 is 9.53 Å². The van der Waals surface area contributed by atoms with E-state index in [1.54, 1.807) is 30.3 Å². The van der Waals surface area contributed by atoms with Crippen LogP contribution in [0.2, 0.25) is 10.0 Å². The molecule has 0 saturated heterocycles. The first-order valence-corrected chi connectivity index (χ1v) is 8.13. The Hall–Kier alpha value is -1.23. The highest BCUT2D eigenvalue weighted by Gasteiger charge is 2.15. The molecule has 6 heteroatoms. The normalized spacial score (nSPS) is 10.6. The minimum absolute atomic E-state index is 0.0339. The number of hydrogen-bond donors (Lipinski definition) is 1. The number of carbonyl (C=O) groups is 1. The third kappa shape index (κ3) is 4.63. The van der Waals surface area contributed by atoms with Crippen LogP contribution >= 0.6 is 39.1 Å². The molecule has 0 aliphatic heterocycles. The largest absolute Gasteiger partial charge is 0.490 e. The van der Waals surface area contributed by atoms with E-state index in [2.05, 4.69) is 21.2 Å². The van der Waals surface area contributed by atoms with Crippen LogP contribution in [0.15, 0.2) is 40.9 Å². The van der Waals surface area contributed by atoms with Crippen LogP contribution < -0.4 is 10.1 Å². The van der Waals surface area contributed by atoms with Crippen LogP contribution in [0.1, 0.15) is 24.2 Å². The Balaban J connectivity index is 2.30. The molecule has 116 valence electrons. The highest BCUT2D eigenvalue weighted by molar-refractivity contribution is 9.10. The van der Waals surface area contributed by atoms with E-state index in [1.165, 1.54) is 0 Å². The fraction of sp³-hybridized carbons (Fsp3) is 0.188. The van der Waals surface area contributed by atoms with Crippen LogP contribution in [-0.2, 0) is 0 Å². The van der Waals surface area contributed by atoms with Crippen molar-refractivity contribution in [3.63, 3.8) is 0 Å². The standard InChI is InChI=1S/C16H14BrCl2NO2/c1-9(2)22-15-4-3-10(17)5-14(15)16(21)20-13-7-11(18)6-12(19)8-13/h3-9H,1-2H3,(H,20,21). The van der Waals surface area contributed by atoms with Crippen LogP contribution in [0.4, 0.5) is 5.69 Å². The summed E-state index contributed by atoms with van der Waals surface area (Å²) in [6.45, 7) is 3.81. The van der Waals surface area contributed by atoms with Crippen molar-refractivity contribution in [3.8, 4) is 5.75 Å². The molecule has 0 unspecified atom stereocenters. The van der Waals surface area contributed by atoms with Crippen molar-refractivity contribution in [1.82, 2.24) is 0 Å². The second kappa shape index (κ2) is 7.36. The minimum Gasteiger partial charge on any atom is -0.490 e. The maximum Gasteiger partial charge on any atom is 0.259 e. The molecule has 1 amide bonds. The van der Waals surface area contributed by atoms with Gasteiger partial charge in [0.25, 0.3) is 5.91 Å². The molecule has 22 heavy (non-hydrogen) atoms. The highest BCUT2D eigenvalue weighted by Crippen LogP contribution is 2.27. The first-order valence-electron chi connectivity index (χ1n) is 6.59. The topological polar surface area (TPSA) is 38.3 Å². The van der Waals surface area contributed by atoms with Crippen LogP contribution in [-0.4, -0.2) is 12.0 Å². The lowest BCUT2D eigenvalue weighted by atomic mass is 10.1. The summed E-state index contributed by atoms with van der Waals surface area (Å²) in [7, 11) is 0. The summed E-state index contributed by atoms with van der Waals surface area (Å²) in [4.78, 5) is 12.5. The number of ether oxygens (including phenoxy) is 1. The molecule has 0 radical (unpaired) electrons. The van der Waals surface area contributed by atoms with Gasteiger partial charge in [-0.15, -0.1) is 0 Å². The van der Waals surface area contributed by atoms with Crippen molar-refractivity contribution >= 4 is 50.7 Å². The van der Waals surface area contributed by atoms with Gasteiger partial charge in [-0.05, 0) is 50.2 Å². The number of halogens is 3. The Labute approximate surface area is 147 Å². The average molecular weight is 403 g/mol. The quantitative estimate of drug-likeness (QED) is 0.702. The van der Waals surface area contributed by atoms with Gasteiger partial charge >= 0.3 is 0 Å². The predicted octanol–water partition coefficient (Wildman–Crippen LogP) is 5.80. The first-order chi connectivity index (χ1) is 10.3. The average Bonchev–Trinajstić information content (AvgIpc) is 2.39. The molecule has 3 nitrogen and oxygen atoms in total. The van der Waals surface area contributed by atoms with Gasteiger partial charge < -0.3 is 10.1 Å². The zero-order chi connectivity index (χ0) is 16.3. The molecule has 0 aliphatic carbocycles. The third-order valence-electron chi connectivity index (χ3n) is 2.67. The summed E-state index contributed by atoms with van der Waals surface area (Å²) in [6, 6.07) is 10.2. The van der Waals surface area contributed by atoms with E-state index in [4.69, 9.17) is 27.9 Å². The van der Waals surface area contributed by atoms with Crippen LogP contribution in [0.25, 0.3) is 0 Å². The Morgan fingerprint density at radius 3 is 2.36 bits per heavy atom. The number of amides is 1. The number of nitrogens with one attached hydrogen (secondary N) is 1. The Kier molecular flexibility index (Phi) is 5.73. The zero-order valence-electron chi connectivity index (χ0n) is 12.0. The van der Waals surface area contributed by atoms with Gasteiger partial charge in [-0.2, -0.15) is 0 Å². The molecule has 0 aliphatic rings. The molecule has 2 aromatic rings. The highest BCUT2D eigenvalue weighted by atomic mass is 79.9. The number of hydrogen-bond acceptors (Lipinski definition) is 2. The van der Waals surface area contributed by atoms with E-state index >= 15 is 0 Å². The number of carbonyl (C=O) groups excluding carboxylic acids is 1. The summed E-state index contributed by atoms with van der Waals surface area (Å²) in [5.74, 6) is 0.221. The van der Waals surface area contributed by atoms with E-state index in [9.17, 15) is 4.79 Å². The summed E-state index contributed by atoms with van der Waals surface area (Å²) in [6.07, 6.45) is -0.0339. The van der Waals surface area contributed by atoms with Gasteiger partial charge in [0, 0.05) is 20.2 Å². The fourth-order valence-corrected chi connectivity index (χ4v) is 2.75. The summed E-state index contributed by atoms with van der Waals surface area (Å²) < 4.78 is 6.46. The molecule has 0 bridgehead atoms. The smallest absolute Gasteiger partial charge is 0.259 e. The first kappa shape index (κ1) is 17.1. The number of rotatable bonds is 4. The van der Waals surface area contributed by atoms with E-state index in [0.717, 1.165) is 4.47 Å². The van der Waals surface area contributed by atoms with Crippen molar-refractivity contribution in [2.75, 3.05) is 5.32 Å². The maximum atomic E-state index is 12.5. The molecule has 0 saturated carbocycles. The van der Waals surface area contributed by atoms with E-state index < -0.39 is 0 Å². The SMILES string of the molecule is CC(C)Oc1ccc(Br)cc1C(=O)Nc1cc(Cl)cc(Cl)c1.